The van der Waals surface area contributed by atoms with Crippen molar-refractivity contribution in [1.29, 1.82) is 0 Å². The first kappa shape index (κ1) is 15.3. The number of nitrogens with zero attached hydrogens (tertiary/aromatic N) is 3. The smallest absolute Gasteiger partial charge is 0.243 e. The number of pyridine rings is 2. The fourth-order valence-corrected chi connectivity index (χ4v) is 4.48. The molecule has 0 spiro atoms. The topological polar surface area (TPSA) is 63.2 Å². The first-order valence-corrected chi connectivity index (χ1v) is 8.52. The van der Waals surface area contributed by atoms with Crippen molar-refractivity contribution in [2.24, 2.45) is 0 Å². The van der Waals surface area contributed by atoms with E-state index >= 15 is 0 Å². The van der Waals surface area contributed by atoms with Crippen molar-refractivity contribution < 1.29 is 12.8 Å². The number of sulfonamides is 1. The molecule has 1 atom stereocenters. The Bertz CT molecular complexity index is 783. The Kier molecular flexibility index (Phi) is 4.12. The second kappa shape index (κ2) is 5.91. The van der Waals surface area contributed by atoms with Crippen LogP contribution in [0.15, 0.2) is 41.6 Å². The lowest BCUT2D eigenvalue weighted by molar-refractivity contribution is 0.472. The summed E-state index contributed by atoms with van der Waals surface area (Å²) in [5.41, 5.74) is 0.830. The SMILES string of the molecule is O=S(=O)(c1cccnc1Cl)N1CCC(c2ccc(F)nc2)C1. The van der Waals surface area contributed by atoms with E-state index in [-0.39, 0.29) is 16.0 Å². The van der Waals surface area contributed by atoms with E-state index in [9.17, 15) is 12.8 Å². The number of halogens is 2. The van der Waals surface area contributed by atoms with Crippen molar-refractivity contribution in [3.05, 3.63) is 53.3 Å². The molecule has 1 aliphatic rings. The zero-order chi connectivity index (χ0) is 15.7. The normalized spacial score (nSPS) is 19.5. The predicted octanol–water partition coefficient (Wildman–Crippen LogP) is 2.45. The zero-order valence-electron chi connectivity index (χ0n) is 11.5. The number of hydrogen-bond donors (Lipinski definition) is 0. The molecule has 0 amide bonds. The molecular formula is C14H13ClFN3O2S. The van der Waals surface area contributed by atoms with Gasteiger partial charge in [-0.3, -0.25) is 0 Å². The zero-order valence-corrected chi connectivity index (χ0v) is 13.1. The Hall–Kier alpha value is -1.57. The summed E-state index contributed by atoms with van der Waals surface area (Å²) < 4.78 is 39.5. The Morgan fingerprint density at radius 1 is 1.27 bits per heavy atom. The Balaban J connectivity index is 1.83. The van der Waals surface area contributed by atoms with E-state index in [1.807, 2.05) is 0 Å². The van der Waals surface area contributed by atoms with Crippen LogP contribution in [0.2, 0.25) is 5.15 Å². The van der Waals surface area contributed by atoms with Crippen molar-refractivity contribution in [1.82, 2.24) is 14.3 Å². The maximum atomic E-state index is 12.9. The number of rotatable bonds is 3. The van der Waals surface area contributed by atoms with Crippen molar-refractivity contribution in [3.8, 4) is 0 Å². The minimum Gasteiger partial charge on any atom is -0.243 e. The number of aromatic nitrogens is 2. The van der Waals surface area contributed by atoms with Crippen LogP contribution in [-0.2, 0) is 10.0 Å². The van der Waals surface area contributed by atoms with Crippen LogP contribution in [0, 0.1) is 5.95 Å². The molecule has 0 saturated carbocycles. The average Bonchev–Trinajstić information content (AvgIpc) is 2.99. The van der Waals surface area contributed by atoms with Crippen molar-refractivity contribution in [2.75, 3.05) is 13.1 Å². The third-order valence-electron chi connectivity index (χ3n) is 3.72. The molecule has 1 unspecified atom stereocenters. The van der Waals surface area contributed by atoms with Crippen molar-refractivity contribution >= 4 is 21.6 Å². The summed E-state index contributed by atoms with van der Waals surface area (Å²) in [5, 5.41) is -0.0330. The quantitative estimate of drug-likeness (QED) is 0.804. The van der Waals surface area contributed by atoms with Gasteiger partial charge in [-0.15, -0.1) is 0 Å². The van der Waals surface area contributed by atoms with Gasteiger partial charge in [0.25, 0.3) is 0 Å². The predicted molar refractivity (Wildman–Crippen MR) is 79.6 cm³/mol. The van der Waals surface area contributed by atoms with E-state index in [2.05, 4.69) is 9.97 Å². The fraction of sp³-hybridized carbons (Fsp3) is 0.286. The van der Waals surface area contributed by atoms with Gasteiger partial charge >= 0.3 is 0 Å². The maximum Gasteiger partial charge on any atom is 0.246 e. The highest BCUT2D eigenvalue weighted by molar-refractivity contribution is 7.89. The standard InChI is InChI=1S/C14H13ClFN3O2S/c15-14-12(2-1-6-17-14)22(20,21)19-7-5-11(9-19)10-3-4-13(16)18-8-10/h1-4,6,8,11H,5,7,9H2. The van der Waals surface area contributed by atoms with Gasteiger partial charge in [-0.2, -0.15) is 8.70 Å². The van der Waals surface area contributed by atoms with Gasteiger partial charge in [-0.05, 0) is 30.2 Å². The minimum absolute atomic E-state index is 0.00155. The highest BCUT2D eigenvalue weighted by Gasteiger charge is 2.34. The monoisotopic (exact) mass is 341 g/mol. The molecule has 22 heavy (non-hydrogen) atoms. The lowest BCUT2D eigenvalue weighted by atomic mass is 10.0. The molecule has 3 rings (SSSR count). The molecule has 1 fully saturated rings. The maximum absolute atomic E-state index is 12.9. The van der Waals surface area contributed by atoms with Gasteiger partial charge in [0.05, 0.1) is 0 Å². The highest BCUT2D eigenvalue weighted by atomic mass is 35.5. The molecule has 1 saturated heterocycles. The first-order chi connectivity index (χ1) is 10.5. The van der Waals surface area contributed by atoms with E-state index in [1.54, 1.807) is 6.07 Å². The van der Waals surface area contributed by atoms with Gasteiger partial charge < -0.3 is 0 Å². The van der Waals surface area contributed by atoms with Gasteiger partial charge in [0.2, 0.25) is 16.0 Å². The second-order valence-electron chi connectivity index (χ2n) is 5.06. The molecule has 0 aliphatic carbocycles. The van der Waals surface area contributed by atoms with E-state index in [1.165, 1.54) is 34.9 Å². The van der Waals surface area contributed by atoms with Crippen LogP contribution < -0.4 is 0 Å². The van der Waals surface area contributed by atoms with Crippen LogP contribution in [0.1, 0.15) is 17.9 Å². The fourth-order valence-electron chi connectivity index (χ4n) is 2.55. The van der Waals surface area contributed by atoms with Crippen LogP contribution in [-0.4, -0.2) is 35.8 Å². The Labute approximate surface area is 132 Å². The average molecular weight is 342 g/mol. The molecule has 3 heterocycles. The Morgan fingerprint density at radius 3 is 2.77 bits per heavy atom. The van der Waals surface area contributed by atoms with Crippen molar-refractivity contribution in [2.45, 2.75) is 17.2 Å². The summed E-state index contributed by atoms with van der Waals surface area (Å²) in [4.78, 5) is 7.44. The van der Waals surface area contributed by atoms with Crippen LogP contribution in [0.4, 0.5) is 4.39 Å². The molecule has 5 nitrogen and oxygen atoms in total. The summed E-state index contributed by atoms with van der Waals surface area (Å²) in [6.07, 6.45) is 3.55. The minimum atomic E-state index is -3.67. The highest BCUT2D eigenvalue weighted by Crippen LogP contribution is 2.32. The van der Waals surface area contributed by atoms with E-state index < -0.39 is 16.0 Å². The van der Waals surface area contributed by atoms with Gasteiger partial charge in [0, 0.05) is 31.4 Å². The molecule has 0 N–H and O–H groups in total. The van der Waals surface area contributed by atoms with Crippen molar-refractivity contribution in [3.63, 3.8) is 0 Å². The third kappa shape index (κ3) is 2.84. The van der Waals surface area contributed by atoms with Crippen LogP contribution in [0.25, 0.3) is 0 Å². The van der Waals surface area contributed by atoms with Gasteiger partial charge in [0.1, 0.15) is 10.0 Å². The molecule has 116 valence electrons. The van der Waals surface area contributed by atoms with Gasteiger partial charge in [-0.1, -0.05) is 17.7 Å². The lowest BCUT2D eigenvalue weighted by Gasteiger charge is -2.17. The summed E-state index contributed by atoms with van der Waals surface area (Å²) in [6.45, 7) is 0.705. The molecule has 0 aromatic carbocycles. The summed E-state index contributed by atoms with van der Waals surface area (Å²) in [7, 11) is -3.67. The summed E-state index contributed by atoms with van der Waals surface area (Å²) in [6, 6.07) is 5.90. The van der Waals surface area contributed by atoms with E-state index in [0.29, 0.717) is 19.5 Å². The van der Waals surface area contributed by atoms with Crippen LogP contribution in [0.5, 0.6) is 0 Å². The van der Waals surface area contributed by atoms with E-state index in [0.717, 1.165) is 5.56 Å². The molecule has 1 aliphatic heterocycles. The van der Waals surface area contributed by atoms with Crippen LogP contribution in [0.3, 0.4) is 0 Å². The second-order valence-corrected chi connectivity index (χ2v) is 7.32. The van der Waals surface area contributed by atoms with Gasteiger partial charge in [-0.25, -0.2) is 18.4 Å². The molecule has 0 bridgehead atoms. The van der Waals surface area contributed by atoms with E-state index in [4.69, 9.17) is 11.6 Å². The Morgan fingerprint density at radius 2 is 2.09 bits per heavy atom. The summed E-state index contributed by atoms with van der Waals surface area (Å²) in [5.74, 6) is -0.549. The summed E-state index contributed by atoms with van der Waals surface area (Å²) >= 11 is 5.89. The lowest BCUT2D eigenvalue weighted by Crippen LogP contribution is -2.29. The third-order valence-corrected chi connectivity index (χ3v) is 6.03. The molecule has 8 heteroatoms. The molecular weight excluding hydrogens is 329 g/mol. The molecule has 2 aromatic rings. The van der Waals surface area contributed by atoms with Crippen LogP contribution >= 0.6 is 11.6 Å². The molecule has 0 radical (unpaired) electrons. The largest absolute Gasteiger partial charge is 0.246 e. The molecule has 2 aromatic heterocycles. The van der Waals surface area contributed by atoms with Gasteiger partial charge in [0.15, 0.2) is 0 Å². The number of hydrogen-bond acceptors (Lipinski definition) is 4. The first-order valence-electron chi connectivity index (χ1n) is 6.70.